The Morgan fingerprint density at radius 3 is 2.12 bits per heavy atom. The normalized spacial score (nSPS) is 13.1. The van der Waals surface area contributed by atoms with Crippen LogP contribution >= 0.6 is 0 Å². The highest BCUT2D eigenvalue weighted by molar-refractivity contribution is 6.28. The number of anilines is 3. The molecule has 0 unspecified atom stereocenters. The fraction of sp³-hybridized carbons (Fsp3) is 0.0571. The van der Waals surface area contributed by atoms with Gasteiger partial charge in [-0.1, -0.05) is 66.7 Å². The summed E-state index contributed by atoms with van der Waals surface area (Å²) in [6, 6.07) is 29.3. The zero-order valence-corrected chi connectivity index (χ0v) is 22.8. The lowest BCUT2D eigenvalue weighted by Crippen LogP contribution is -2.21. The number of nitrogens with zero attached hydrogens (tertiary/aromatic N) is 3. The van der Waals surface area contributed by atoms with Crippen molar-refractivity contribution < 1.29 is 14.4 Å². The van der Waals surface area contributed by atoms with Crippen molar-refractivity contribution in [2.45, 2.75) is 12.8 Å². The van der Waals surface area contributed by atoms with E-state index in [1.54, 1.807) is 47.0 Å². The zero-order chi connectivity index (χ0) is 29.1. The van der Waals surface area contributed by atoms with E-state index in [1.807, 2.05) is 48.7 Å². The summed E-state index contributed by atoms with van der Waals surface area (Å²) in [4.78, 5) is 45.1. The molecule has 2 aliphatic carbocycles. The lowest BCUT2D eigenvalue weighted by Gasteiger charge is -2.20. The van der Waals surface area contributed by atoms with Crippen LogP contribution in [0.2, 0.25) is 0 Å². The second-order valence-electron chi connectivity index (χ2n) is 10.7. The Hall–Kier alpha value is -5.89. The number of aryl methyl sites for hydroxylation is 2. The van der Waals surface area contributed by atoms with E-state index in [1.165, 1.54) is 5.56 Å². The summed E-state index contributed by atoms with van der Waals surface area (Å²) >= 11 is 0. The minimum absolute atomic E-state index is 0.214. The lowest BCUT2D eigenvalue weighted by atomic mass is 9.84. The number of carbonyl (C=O) groups is 3. The fourth-order valence-corrected chi connectivity index (χ4v) is 6.05. The molecular formula is C35H23N5O3. The molecule has 2 aliphatic rings. The van der Waals surface area contributed by atoms with E-state index in [0.717, 1.165) is 35.3 Å². The van der Waals surface area contributed by atoms with E-state index < -0.39 is 5.91 Å². The average molecular weight is 562 g/mol. The van der Waals surface area contributed by atoms with Gasteiger partial charge < -0.3 is 10.6 Å². The van der Waals surface area contributed by atoms with Gasteiger partial charge in [-0.05, 0) is 54.3 Å². The van der Waals surface area contributed by atoms with Gasteiger partial charge in [0.05, 0.1) is 5.69 Å². The number of para-hydroxylation sites is 1. The van der Waals surface area contributed by atoms with Gasteiger partial charge in [-0.3, -0.25) is 14.4 Å². The summed E-state index contributed by atoms with van der Waals surface area (Å²) in [5, 5.41) is 11.1. The number of hydrogen-bond acceptors (Lipinski definition) is 6. The Morgan fingerprint density at radius 2 is 1.33 bits per heavy atom. The molecular weight excluding hydrogens is 538 g/mol. The van der Waals surface area contributed by atoms with Gasteiger partial charge in [0.15, 0.2) is 23.0 Å². The maximum absolute atomic E-state index is 14.0. The number of benzene rings is 4. The molecule has 4 aromatic carbocycles. The molecule has 0 atom stereocenters. The van der Waals surface area contributed by atoms with Gasteiger partial charge in [-0.15, -0.1) is 5.10 Å². The van der Waals surface area contributed by atoms with E-state index in [4.69, 9.17) is 10.1 Å². The smallest absolute Gasteiger partial charge is 0.263 e. The molecule has 6 aromatic rings. The average Bonchev–Trinajstić information content (AvgIpc) is 3.42. The lowest BCUT2D eigenvalue weighted by molar-refractivity contribution is 0.0979. The molecule has 8 heteroatoms. The van der Waals surface area contributed by atoms with Gasteiger partial charge in [0.1, 0.15) is 5.56 Å². The zero-order valence-electron chi connectivity index (χ0n) is 22.8. The van der Waals surface area contributed by atoms with Crippen molar-refractivity contribution in [1.29, 1.82) is 0 Å². The molecule has 43 heavy (non-hydrogen) atoms. The summed E-state index contributed by atoms with van der Waals surface area (Å²) in [5.41, 5.74) is 7.40. The maximum Gasteiger partial charge on any atom is 0.263 e. The van der Waals surface area contributed by atoms with Crippen molar-refractivity contribution in [3.05, 3.63) is 142 Å². The summed E-state index contributed by atoms with van der Waals surface area (Å²) in [5.74, 6) is -0.560. The summed E-state index contributed by atoms with van der Waals surface area (Å²) in [6.07, 6.45) is 3.55. The Bertz CT molecular complexity index is 2150. The number of ketones is 2. The first kappa shape index (κ1) is 24.9. The Morgan fingerprint density at radius 1 is 0.674 bits per heavy atom. The van der Waals surface area contributed by atoms with E-state index in [0.29, 0.717) is 33.8 Å². The Kier molecular flexibility index (Phi) is 5.55. The molecule has 0 aliphatic heterocycles. The van der Waals surface area contributed by atoms with Gasteiger partial charge in [-0.25, -0.2) is 9.50 Å². The van der Waals surface area contributed by atoms with Crippen molar-refractivity contribution in [1.82, 2.24) is 14.6 Å². The Labute approximate surface area is 246 Å². The molecule has 0 radical (unpaired) electrons. The van der Waals surface area contributed by atoms with Crippen molar-refractivity contribution in [3.63, 3.8) is 0 Å². The molecule has 1 amide bonds. The number of nitrogens with one attached hydrogen (secondary N) is 2. The molecule has 0 fully saturated rings. The van der Waals surface area contributed by atoms with Crippen LogP contribution in [0.4, 0.5) is 17.2 Å². The van der Waals surface area contributed by atoms with Crippen LogP contribution in [0.15, 0.2) is 103 Å². The predicted molar refractivity (Wildman–Crippen MR) is 163 cm³/mol. The number of hydrogen-bond donors (Lipinski definition) is 2. The summed E-state index contributed by atoms with van der Waals surface area (Å²) < 4.78 is 1.75. The van der Waals surface area contributed by atoms with Gasteiger partial charge in [0.2, 0.25) is 0 Å². The van der Waals surface area contributed by atoms with Crippen LogP contribution < -0.4 is 10.6 Å². The van der Waals surface area contributed by atoms with Gasteiger partial charge in [-0.2, -0.15) is 0 Å². The number of carbonyl (C=O) groups excluding carboxylic acids is 3. The van der Waals surface area contributed by atoms with Crippen LogP contribution in [0.1, 0.15) is 53.3 Å². The quantitative estimate of drug-likeness (QED) is 0.263. The molecule has 0 spiro atoms. The first-order valence-electron chi connectivity index (χ1n) is 14.0. The van der Waals surface area contributed by atoms with E-state index in [9.17, 15) is 14.4 Å². The van der Waals surface area contributed by atoms with Gasteiger partial charge >= 0.3 is 0 Å². The number of fused-ring (bicyclic) bond motifs is 7. The maximum atomic E-state index is 14.0. The van der Waals surface area contributed by atoms with Crippen molar-refractivity contribution >= 4 is 40.3 Å². The highest BCUT2D eigenvalue weighted by Gasteiger charge is 2.31. The first-order valence-corrected chi connectivity index (χ1v) is 14.0. The first-order chi connectivity index (χ1) is 21.1. The minimum atomic E-state index is -0.445. The standard InChI is InChI=1S/C35H23N5O3/c41-31-25-12-6-7-13-26(25)32(42)28-18-23(16-17-27(28)31)38-35(43)29-33(37-22-9-2-1-3-10-22)39-40-30-21(19-36-34(29)40)15-14-20-8-4-5-11-24(20)30/h1-13,16-19H,14-15H2,(H,37,39)(H,38,43). The fourth-order valence-electron chi connectivity index (χ4n) is 6.05. The third-order valence-electron chi connectivity index (χ3n) is 8.10. The van der Waals surface area contributed by atoms with Crippen LogP contribution in [-0.2, 0) is 12.8 Å². The second kappa shape index (κ2) is 9.60. The topological polar surface area (TPSA) is 105 Å². The molecule has 0 saturated carbocycles. The molecule has 2 heterocycles. The van der Waals surface area contributed by atoms with Gasteiger partial charge in [0.25, 0.3) is 5.91 Å². The van der Waals surface area contributed by atoms with Crippen LogP contribution in [0.5, 0.6) is 0 Å². The molecule has 0 saturated heterocycles. The molecule has 0 bridgehead atoms. The van der Waals surface area contributed by atoms with Crippen molar-refractivity contribution in [2.75, 3.05) is 10.6 Å². The largest absolute Gasteiger partial charge is 0.338 e. The van der Waals surface area contributed by atoms with E-state index in [2.05, 4.69) is 22.8 Å². The van der Waals surface area contributed by atoms with Gasteiger partial charge in [0, 0.05) is 45.4 Å². The van der Waals surface area contributed by atoms with E-state index >= 15 is 0 Å². The third kappa shape index (κ3) is 3.95. The second-order valence-corrected chi connectivity index (χ2v) is 10.7. The number of rotatable bonds is 4. The van der Waals surface area contributed by atoms with Crippen molar-refractivity contribution in [2.24, 2.45) is 0 Å². The molecule has 2 N–H and O–H groups in total. The molecule has 2 aromatic heterocycles. The molecule has 8 rings (SSSR count). The minimum Gasteiger partial charge on any atom is -0.338 e. The summed E-state index contributed by atoms with van der Waals surface area (Å²) in [6.45, 7) is 0. The highest BCUT2D eigenvalue weighted by atomic mass is 16.2. The third-order valence-corrected chi connectivity index (χ3v) is 8.10. The highest BCUT2D eigenvalue weighted by Crippen LogP contribution is 2.36. The predicted octanol–water partition coefficient (Wildman–Crippen LogP) is 6.27. The van der Waals surface area contributed by atoms with Crippen LogP contribution in [-0.4, -0.2) is 32.1 Å². The van der Waals surface area contributed by atoms with E-state index in [-0.39, 0.29) is 22.7 Å². The molecule has 8 nitrogen and oxygen atoms in total. The van der Waals surface area contributed by atoms with Crippen LogP contribution in [0, 0.1) is 0 Å². The van der Waals surface area contributed by atoms with Crippen LogP contribution in [0.3, 0.4) is 0 Å². The summed E-state index contributed by atoms with van der Waals surface area (Å²) in [7, 11) is 0. The number of aromatic nitrogens is 3. The van der Waals surface area contributed by atoms with Crippen molar-refractivity contribution in [3.8, 4) is 11.3 Å². The monoisotopic (exact) mass is 561 g/mol. The SMILES string of the molecule is O=C1c2ccccc2C(=O)c2cc(NC(=O)c3c(Nc4ccccc4)nn4c5c(cnc34)CCc3ccccc3-5)ccc21. The molecule has 206 valence electrons. The Balaban J connectivity index is 1.23. The number of amides is 1. The van der Waals surface area contributed by atoms with Crippen LogP contribution in [0.25, 0.3) is 16.9 Å².